The molecule has 106 valence electrons. The molecule has 0 heterocycles. The molecule has 0 saturated heterocycles. The van der Waals surface area contributed by atoms with Crippen LogP contribution in [0, 0.1) is 29.2 Å². The molecular formula is C12H13F4NO2. The number of carbonyl (C=O) groups is 1. The van der Waals surface area contributed by atoms with Gasteiger partial charge in [-0.3, -0.25) is 4.79 Å². The van der Waals surface area contributed by atoms with Gasteiger partial charge in [0, 0.05) is 6.54 Å². The Labute approximate surface area is 107 Å². The number of hydrogen-bond acceptors (Lipinski definition) is 2. The largest absolute Gasteiger partial charge is 0.481 e. The summed E-state index contributed by atoms with van der Waals surface area (Å²) in [4.78, 5) is 10.8. The van der Waals surface area contributed by atoms with E-state index in [0.717, 1.165) is 0 Å². The Balaban J connectivity index is 3.07. The molecule has 2 unspecified atom stereocenters. The minimum Gasteiger partial charge on any atom is -0.481 e. The number of carboxylic acid groups (broad SMARTS) is 1. The first-order chi connectivity index (χ1) is 8.79. The van der Waals surface area contributed by atoms with E-state index >= 15 is 0 Å². The van der Waals surface area contributed by atoms with Crippen LogP contribution in [0.15, 0.2) is 6.07 Å². The van der Waals surface area contributed by atoms with Crippen molar-refractivity contribution in [3.05, 3.63) is 34.9 Å². The molecule has 19 heavy (non-hydrogen) atoms. The van der Waals surface area contributed by atoms with Crippen molar-refractivity contribution in [2.75, 3.05) is 6.54 Å². The van der Waals surface area contributed by atoms with Gasteiger partial charge < -0.3 is 10.8 Å². The molecule has 7 heteroatoms. The maximum absolute atomic E-state index is 13.5. The minimum absolute atomic E-state index is 0.104. The highest BCUT2D eigenvalue weighted by Crippen LogP contribution is 2.29. The quantitative estimate of drug-likeness (QED) is 0.494. The Hall–Kier alpha value is -1.63. The van der Waals surface area contributed by atoms with Crippen LogP contribution in [0.5, 0.6) is 0 Å². The van der Waals surface area contributed by atoms with E-state index in [9.17, 15) is 22.4 Å². The number of aliphatic carboxylic acids is 1. The first-order valence-electron chi connectivity index (χ1n) is 5.55. The Bertz CT molecular complexity index is 493. The second-order valence-corrected chi connectivity index (χ2v) is 4.30. The van der Waals surface area contributed by atoms with E-state index in [1.165, 1.54) is 6.92 Å². The molecule has 0 saturated carbocycles. The molecule has 0 aliphatic carbocycles. The molecule has 1 aromatic rings. The van der Waals surface area contributed by atoms with Gasteiger partial charge in [0.2, 0.25) is 0 Å². The predicted molar refractivity (Wildman–Crippen MR) is 59.5 cm³/mol. The van der Waals surface area contributed by atoms with Crippen molar-refractivity contribution in [2.45, 2.75) is 19.3 Å². The third-order valence-electron chi connectivity index (χ3n) is 2.93. The lowest BCUT2D eigenvalue weighted by Gasteiger charge is -2.17. The van der Waals surface area contributed by atoms with Crippen molar-refractivity contribution >= 4 is 5.97 Å². The Kier molecular flexibility index (Phi) is 4.88. The van der Waals surface area contributed by atoms with Crippen molar-refractivity contribution in [1.82, 2.24) is 0 Å². The van der Waals surface area contributed by atoms with Crippen molar-refractivity contribution in [2.24, 2.45) is 11.7 Å². The number of carboxylic acids is 1. The molecule has 0 aliphatic rings. The molecule has 0 radical (unpaired) electrons. The zero-order valence-electron chi connectivity index (χ0n) is 10.1. The number of halogens is 4. The summed E-state index contributed by atoms with van der Waals surface area (Å²) in [5, 5.41) is 8.81. The van der Waals surface area contributed by atoms with Crippen molar-refractivity contribution in [3.63, 3.8) is 0 Å². The van der Waals surface area contributed by atoms with Gasteiger partial charge in [-0.25, -0.2) is 17.6 Å². The van der Waals surface area contributed by atoms with Crippen LogP contribution in [-0.2, 0) is 4.79 Å². The maximum Gasteiger partial charge on any atom is 0.307 e. The second kappa shape index (κ2) is 6.01. The maximum atomic E-state index is 13.5. The third kappa shape index (κ3) is 3.23. The number of hydrogen-bond donors (Lipinski definition) is 2. The van der Waals surface area contributed by atoms with Gasteiger partial charge in [0.15, 0.2) is 23.3 Å². The molecule has 3 nitrogen and oxygen atoms in total. The van der Waals surface area contributed by atoms with E-state index in [1.54, 1.807) is 0 Å². The van der Waals surface area contributed by atoms with Crippen LogP contribution in [0.25, 0.3) is 0 Å². The lowest BCUT2D eigenvalue weighted by Crippen LogP contribution is -2.25. The standard InChI is InChI=1S/C12H13F4NO2/c1-5(2-6(4-17)12(18)19)7-3-8(13)10(15)11(16)9(7)14/h3,5-6H,2,4,17H2,1H3,(H,18,19). The SMILES string of the molecule is CC(CC(CN)C(=O)O)c1cc(F)c(F)c(F)c1F. The minimum atomic E-state index is -1.90. The second-order valence-electron chi connectivity index (χ2n) is 4.30. The van der Waals surface area contributed by atoms with E-state index in [0.29, 0.717) is 6.07 Å². The summed E-state index contributed by atoms with van der Waals surface area (Å²) in [6, 6.07) is 0.536. The fraction of sp³-hybridized carbons (Fsp3) is 0.417. The Morgan fingerprint density at radius 1 is 1.26 bits per heavy atom. The van der Waals surface area contributed by atoms with Gasteiger partial charge in [-0.1, -0.05) is 6.92 Å². The lowest BCUT2D eigenvalue weighted by atomic mass is 9.89. The highest BCUT2D eigenvalue weighted by molar-refractivity contribution is 5.70. The number of nitrogens with two attached hydrogens (primary N) is 1. The van der Waals surface area contributed by atoms with E-state index in [2.05, 4.69) is 0 Å². The average molecular weight is 279 g/mol. The normalized spacial score (nSPS) is 14.2. The van der Waals surface area contributed by atoms with Crippen LogP contribution in [0.4, 0.5) is 17.6 Å². The average Bonchev–Trinajstić information content (AvgIpc) is 2.36. The van der Waals surface area contributed by atoms with Gasteiger partial charge in [0.05, 0.1) is 5.92 Å². The van der Waals surface area contributed by atoms with E-state index < -0.39 is 46.6 Å². The lowest BCUT2D eigenvalue weighted by molar-refractivity contribution is -0.141. The molecule has 0 amide bonds. The zero-order chi connectivity index (χ0) is 14.7. The molecule has 0 aliphatic heterocycles. The van der Waals surface area contributed by atoms with Gasteiger partial charge in [0.25, 0.3) is 0 Å². The summed E-state index contributed by atoms with van der Waals surface area (Å²) in [6.45, 7) is 1.20. The van der Waals surface area contributed by atoms with Crippen LogP contribution >= 0.6 is 0 Å². The number of benzene rings is 1. The summed E-state index contributed by atoms with van der Waals surface area (Å²) in [6.07, 6.45) is -0.104. The van der Waals surface area contributed by atoms with Crippen LogP contribution in [0.3, 0.4) is 0 Å². The molecule has 3 N–H and O–H groups in total. The van der Waals surface area contributed by atoms with Crippen LogP contribution in [-0.4, -0.2) is 17.6 Å². The van der Waals surface area contributed by atoms with E-state index in [1.807, 2.05) is 0 Å². The number of rotatable bonds is 5. The van der Waals surface area contributed by atoms with Gasteiger partial charge in [0.1, 0.15) is 0 Å². The summed E-state index contributed by atoms with van der Waals surface area (Å²) >= 11 is 0. The topological polar surface area (TPSA) is 63.3 Å². The molecule has 1 rings (SSSR count). The first-order valence-corrected chi connectivity index (χ1v) is 5.55. The molecule has 2 atom stereocenters. The van der Waals surface area contributed by atoms with Crippen molar-refractivity contribution < 1.29 is 27.5 Å². The first kappa shape index (κ1) is 15.4. The van der Waals surface area contributed by atoms with Crippen LogP contribution in [0.1, 0.15) is 24.8 Å². The summed E-state index contributed by atoms with van der Waals surface area (Å²) in [5.41, 5.74) is 4.83. The molecular weight excluding hydrogens is 266 g/mol. The zero-order valence-corrected chi connectivity index (χ0v) is 10.1. The Morgan fingerprint density at radius 2 is 1.84 bits per heavy atom. The monoisotopic (exact) mass is 279 g/mol. The van der Waals surface area contributed by atoms with Gasteiger partial charge in [-0.2, -0.15) is 0 Å². The molecule has 0 fully saturated rings. The van der Waals surface area contributed by atoms with Gasteiger partial charge >= 0.3 is 5.97 Å². The van der Waals surface area contributed by atoms with E-state index in [4.69, 9.17) is 10.8 Å². The fourth-order valence-electron chi connectivity index (χ4n) is 1.80. The van der Waals surface area contributed by atoms with E-state index in [-0.39, 0.29) is 13.0 Å². The molecule has 0 aromatic heterocycles. The van der Waals surface area contributed by atoms with Gasteiger partial charge in [-0.05, 0) is 24.0 Å². The predicted octanol–water partition coefficient (Wildman–Crippen LogP) is 2.40. The fourth-order valence-corrected chi connectivity index (χ4v) is 1.80. The highest BCUT2D eigenvalue weighted by atomic mass is 19.2. The smallest absolute Gasteiger partial charge is 0.307 e. The van der Waals surface area contributed by atoms with Crippen LogP contribution < -0.4 is 5.73 Å². The summed E-state index contributed by atoms with van der Waals surface area (Å²) in [5.74, 6) is -9.77. The third-order valence-corrected chi connectivity index (χ3v) is 2.93. The summed E-state index contributed by atoms with van der Waals surface area (Å²) < 4.78 is 52.4. The van der Waals surface area contributed by atoms with Crippen molar-refractivity contribution in [3.8, 4) is 0 Å². The highest BCUT2D eigenvalue weighted by Gasteiger charge is 2.25. The molecule has 0 bridgehead atoms. The molecule has 0 spiro atoms. The summed E-state index contributed by atoms with van der Waals surface area (Å²) in [7, 11) is 0. The van der Waals surface area contributed by atoms with Crippen molar-refractivity contribution in [1.29, 1.82) is 0 Å². The molecule has 1 aromatic carbocycles. The van der Waals surface area contributed by atoms with Crippen LogP contribution in [0.2, 0.25) is 0 Å². The Morgan fingerprint density at radius 3 is 2.32 bits per heavy atom. The van der Waals surface area contributed by atoms with Gasteiger partial charge in [-0.15, -0.1) is 0 Å².